The Morgan fingerprint density at radius 2 is 2.16 bits per heavy atom. The molecule has 4 nitrogen and oxygen atoms in total. The van der Waals surface area contributed by atoms with Gasteiger partial charge in [0, 0.05) is 18.8 Å². The van der Waals surface area contributed by atoms with Gasteiger partial charge >= 0.3 is 0 Å². The number of rotatable bonds is 5. The lowest BCUT2D eigenvalue weighted by Gasteiger charge is -2.24. The molecule has 104 valence electrons. The summed E-state index contributed by atoms with van der Waals surface area (Å²) in [5.74, 6) is -0.207. The maximum absolute atomic E-state index is 13.5. The van der Waals surface area contributed by atoms with Crippen LogP contribution in [0.4, 0.5) is 4.39 Å². The highest BCUT2D eigenvalue weighted by Gasteiger charge is 2.28. The van der Waals surface area contributed by atoms with Crippen LogP contribution in [0.2, 0.25) is 0 Å². The molecule has 0 saturated heterocycles. The molecule has 0 spiro atoms. The van der Waals surface area contributed by atoms with Crippen molar-refractivity contribution >= 4 is 21.8 Å². The zero-order valence-electron chi connectivity index (χ0n) is 10.9. The first-order valence-corrected chi connectivity index (χ1v) is 8.35. The third-order valence-electron chi connectivity index (χ3n) is 2.77. The van der Waals surface area contributed by atoms with Gasteiger partial charge in [-0.05, 0) is 25.3 Å². The number of thioether (sulfide) groups is 1. The summed E-state index contributed by atoms with van der Waals surface area (Å²) in [6, 6.07) is 4.98. The summed E-state index contributed by atoms with van der Waals surface area (Å²) in [6.45, 7) is 1.76. The van der Waals surface area contributed by atoms with Crippen molar-refractivity contribution < 1.29 is 12.8 Å². The van der Waals surface area contributed by atoms with Crippen molar-refractivity contribution in [2.24, 2.45) is 0 Å². The van der Waals surface area contributed by atoms with Crippen LogP contribution in [0, 0.1) is 17.1 Å². The molecule has 0 radical (unpaired) electrons. The highest BCUT2D eigenvalue weighted by molar-refractivity contribution is 7.98. The molecule has 0 N–H and O–H groups in total. The molecule has 0 aliphatic heterocycles. The van der Waals surface area contributed by atoms with Crippen molar-refractivity contribution in [3.8, 4) is 6.07 Å². The average molecular weight is 302 g/mol. The molecule has 1 rings (SSSR count). The van der Waals surface area contributed by atoms with Crippen LogP contribution < -0.4 is 0 Å². The third-order valence-corrected chi connectivity index (χ3v) is 5.60. The van der Waals surface area contributed by atoms with E-state index in [-0.39, 0.29) is 10.9 Å². The van der Waals surface area contributed by atoms with Crippen molar-refractivity contribution in [3.05, 3.63) is 29.6 Å². The van der Waals surface area contributed by atoms with Crippen LogP contribution >= 0.6 is 11.8 Å². The predicted molar refractivity (Wildman–Crippen MR) is 73.9 cm³/mol. The number of halogens is 1. The molecule has 0 saturated carbocycles. The van der Waals surface area contributed by atoms with E-state index in [0.717, 1.165) is 6.07 Å². The summed E-state index contributed by atoms with van der Waals surface area (Å²) in [5.41, 5.74) is -0.439. The number of nitrogens with zero attached hydrogens (tertiary/aromatic N) is 2. The van der Waals surface area contributed by atoms with Gasteiger partial charge in [0.15, 0.2) is 0 Å². The van der Waals surface area contributed by atoms with Crippen LogP contribution in [0.25, 0.3) is 0 Å². The molecular formula is C12H15FN2O2S2. The third kappa shape index (κ3) is 3.26. The Bertz CT molecular complexity index is 596. The van der Waals surface area contributed by atoms with Crippen LogP contribution in [-0.4, -0.2) is 37.8 Å². The van der Waals surface area contributed by atoms with Gasteiger partial charge in [0.05, 0.1) is 0 Å². The number of hydrogen-bond acceptors (Lipinski definition) is 4. The first-order chi connectivity index (χ1) is 8.86. The van der Waals surface area contributed by atoms with E-state index in [2.05, 4.69) is 0 Å². The van der Waals surface area contributed by atoms with E-state index in [1.165, 1.54) is 35.2 Å². The molecule has 7 heteroatoms. The van der Waals surface area contributed by atoms with Crippen molar-refractivity contribution in [1.82, 2.24) is 4.31 Å². The van der Waals surface area contributed by atoms with Crippen molar-refractivity contribution in [2.45, 2.75) is 17.9 Å². The van der Waals surface area contributed by atoms with Crippen molar-refractivity contribution in [3.63, 3.8) is 0 Å². The number of sulfonamides is 1. The molecule has 0 heterocycles. The zero-order chi connectivity index (χ0) is 14.6. The highest BCUT2D eigenvalue weighted by atomic mass is 32.2. The Morgan fingerprint density at radius 3 is 2.68 bits per heavy atom. The minimum atomic E-state index is -3.87. The second-order valence-corrected chi connectivity index (χ2v) is 6.93. The lowest BCUT2D eigenvalue weighted by Crippen LogP contribution is -2.37. The van der Waals surface area contributed by atoms with E-state index < -0.39 is 21.4 Å². The number of hydrogen-bond donors (Lipinski definition) is 0. The van der Waals surface area contributed by atoms with Gasteiger partial charge in [0.25, 0.3) is 0 Å². The number of nitriles is 1. The van der Waals surface area contributed by atoms with Crippen LogP contribution in [0.3, 0.4) is 0 Å². The van der Waals surface area contributed by atoms with Gasteiger partial charge in [0.2, 0.25) is 10.0 Å². The van der Waals surface area contributed by atoms with Crippen LogP contribution in [0.5, 0.6) is 0 Å². The second-order valence-electron chi connectivity index (χ2n) is 4.05. The molecule has 0 fully saturated rings. The zero-order valence-corrected chi connectivity index (χ0v) is 12.6. The highest BCUT2D eigenvalue weighted by Crippen LogP contribution is 2.23. The van der Waals surface area contributed by atoms with E-state index in [1.807, 2.05) is 6.26 Å². The Morgan fingerprint density at radius 1 is 1.53 bits per heavy atom. The Labute approximate surface area is 117 Å². The van der Waals surface area contributed by atoms with Gasteiger partial charge in [-0.3, -0.25) is 0 Å². The van der Waals surface area contributed by atoms with Crippen molar-refractivity contribution in [1.29, 1.82) is 5.26 Å². The Kier molecular flexibility index (Phi) is 5.35. The van der Waals surface area contributed by atoms with E-state index in [4.69, 9.17) is 5.26 Å². The normalized spacial score (nSPS) is 13.3. The lowest BCUT2D eigenvalue weighted by molar-refractivity contribution is 0.414. The first-order valence-electron chi connectivity index (χ1n) is 5.51. The van der Waals surface area contributed by atoms with Crippen LogP contribution in [-0.2, 0) is 10.0 Å². The number of benzene rings is 1. The molecule has 1 aromatic carbocycles. The summed E-state index contributed by atoms with van der Waals surface area (Å²) in [5, 5.41) is 8.91. The van der Waals surface area contributed by atoms with E-state index in [9.17, 15) is 12.8 Å². The van der Waals surface area contributed by atoms with E-state index >= 15 is 0 Å². The Hall–Kier alpha value is -1.10. The fourth-order valence-corrected chi connectivity index (χ4v) is 3.88. The van der Waals surface area contributed by atoms with Gasteiger partial charge in [-0.25, -0.2) is 12.8 Å². The fourth-order valence-electron chi connectivity index (χ4n) is 1.57. The maximum atomic E-state index is 13.5. The average Bonchev–Trinajstić information content (AvgIpc) is 2.37. The largest absolute Gasteiger partial charge is 0.244 e. The molecule has 0 aliphatic carbocycles. The molecule has 0 aliphatic rings. The van der Waals surface area contributed by atoms with Gasteiger partial charge in [-0.15, -0.1) is 0 Å². The summed E-state index contributed by atoms with van der Waals surface area (Å²) < 4.78 is 39.4. The molecule has 1 atom stereocenters. The van der Waals surface area contributed by atoms with Crippen LogP contribution in [0.1, 0.15) is 12.5 Å². The molecule has 1 aromatic rings. The summed E-state index contributed by atoms with van der Waals surface area (Å²) in [6.07, 6.45) is 1.87. The fraction of sp³-hybridized carbons (Fsp3) is 0.417. The van der Waals surface area contributed by atoms with Crippen molar-refractivity contribution in [2.75, 3.05) is 19.1 Å². The first kappa shape index (κ1) is 16.0. The van der Waals surface area contributed by atoms with E-state index in [0.29, 0.717) is 5.75 Å². The Balaban J connectivity index is 3.29. The standard InChI is InChI=1S/C12H15FN2O2S2/c1-9(8-18-3)15(2)19(16,17)12-6-4-5-11(13)10(12)7-14/h4-6,9H,8H2,1-3H3/t9-/m0/s1. The lowest BCUT2D eigenvalue weighted by atomic mass is 10.2. The van der Waals surface area contributed by atoms with Gasteiger partial charge in [0.1, 0.15) is 22.3 Å². The van der Waals surface area contributed by atoms with Gasteiger partial charge in [-0.2, -0.15) is 21.3 Å². The molecule has 0 amide bonds. The molecule has 19 heavy (non-hydrogen) atoms. The van der Waals surface area contributed by atoms with Gasteiger partial charge < -0.3 is 0 Å². The minimum Gasteiger partial charge on any atom is -0.207 e. The SMILES string of the molecule is CSC[C@H](C)N(C)S(=O)(=O)c1cccc(F)c1C#N. The molecule has 0 aromatic heterocycles. The summed E-state index contributed by atoms with van der Waals surface area (Å²) >= 11 is 1.52. The van der Waals surface area contributed by atoms with Crippen LogP contribution in [0.15, 0.2) is 23.1 Å². The molecule has 0 unspecified atom stereocenters. The molecular weight excluding hydrogens is 287 g/mol. The maximum Gasteiger partial charge on any atom is 0.244 e. The minimum absolute atomic E-state index is 0.241. The smallest absolute Gasteiger partial charge is 0.207 e. The molecule has 0 bridgehead atoms. The topological polar surface area (TPSA) is 61.2 Å². The quantitative estimate of drug-likeness (QED) is 0.835. The van der Waals surface area contributed by atoms with Gasteiger partial charge in [-0.1, -0.05) is 6.07 Å². The summed E-state index contributed by atoms with van der Waals surface area (Å²) in [7, 11) is -2.44. The second kappa shape index (κ2) is 6.37. The summed E-state index contributed by atoms with van der Waals surface area (Å²) in [4.78, 5) is -0.287. The monoisotopic (exact) mass is 302 g/mol. The predicted octanol–water partition coefficient (Wildman–Crippen LogP) is 2.07. The van der Waals surface area contributed by atoms with E-state index in [1.54, 1.807) is 13.0 Å².